The number of thioether (sulfide) groups is 1. The van der Waals surface area contributed by atoms with Crippen LogP contribution in [0.3, 0.4) is 0 Å². The van der Waals surface area contributed by atoms with Crippen LogP contribution in [-0.2, 0) is 11.8 Å². The van der Waals surface area contributed by atoms with Crippen molar-refractivity contribution in [3.05, 3.63) is 34.6 Å². The zero-order valence-electron chi connectivity index (χ0n) is 14.5. The first-order valence-corrected chi connectivity index (χ1v) is 9.30. The minimum absolute atomic E-state index is 0.0235. The summed E-state index contributed by atoms with van der Waals surface area (Å²) in [5.74, 6) is 0.699. The van der Waals surface area contributed by atoms with Crippen LogP contribution in [0.5, 0.6) is 0 Å². The van der Waals surface area contributed by atoms with Crippen LogP contribution in [0.4, 0.5) is 0 Å². The molecule has 1 aromatic carbocycles. The highest BCUT2D eigenvalue weighted by molar-refractivity contribution is 7.99. The van der Waals surface area contributed by atoms with Gasteiger partial charge in [-0.2, -0.15) is 0 Å². The van der Waals surface area contributed by atoms with Crippen LogP contribution < -0.4 is 10.9 Å². The fraction of sp³-hybridized carbons (Fsp3) is 0.412. The Morgan fingerprint density at radius 2 is 1.96 bits per heavy atom. The molecule has 0 unspecified atom stereocenters. The van der Waals surface area contributed by atoms with Crippen molar-refractivity contribution in [2.75, 3.05) is 5.75 Å². The lowest BCUT2D eigenvalue weighted by atomic mass is 10.2. The van der Waals surface area contributed by atoms with E-state index in [0.717, 1.165) is 18.4 Å². The topological polar surface area (TPSA) is 81.3 Å². The number of para-hydroxylation sites is 1. The molecule has 0 aliphatic rings. The van der Waals surface area contributed by atoms with E-state index in [2.05, 4.69) is 29.4 Å². The molecule has 0 saturated heterocycles. The summed E-state index contributed by atoms with van der Waals surface area (Å²) in [7, 11) is 1.67. The van der Waals surface area contributed by atoms with E-state index >= 15 is 0 Å². The molecule has 0 atom stereocenters. The number of carbonyl (C=O) groups is 1. The number of aryl methyl sites for hydroxylation is 1. The number of hydrogen-bond donors (Lipinski definition) is 1. The highest BCUT2D eigenvalue weighted by Gasteiger charge is 2.16. The van der Waals surface area contributed by atoms with E-state index in [9.17, 15) is 9.59 Å². The first-order valence-electron chi connectivity index (χ1n) is 8.31. The third-order valence-electron chi connectivity index (χ3n) is 4.28. The second kappa shape index (κ2) is 7.26. The monoisotopic (exact) mass is 359 g/mol. The van der Waals surface area contributed by atoms with Crippen LogP contribution in [0.15, 0.2) is 34.2 Å². The van der Waals surface area contributed by atoms with Crippen molar-refractivity contribution in [3.8, 4) is 0 Å². The van der Waals surface area contributed by atoms with Gasteiger partial charge in [0.05, 0.1) is 16.7 Å². The van der Waals surface area contributed by atoms with Gasteiger partial charge in [0.2, 0.25) is 11.7 Å². The SMILES string of the molecule is CCC(CC)NC(=O)CSc1nnc2n(C)c(=O)c3ccccc3n12. The number of nitrogens with zero attached hydrogens (tertiary/aromatic N) is 4. The van der Waals surface area contributed by atoms with Gasteiger partial charge in [0.25, 0.3) is 5.56 Å². The second-order valence-corrected chi connectivity index (χ2v) is 6.81. The predicted molar refractivity (Wildman–Crippen MR) is 99.0 cm³/mol. The van der Waals surface area contributed by atoms with Gasteiger partial charge in [0.1, 0.15) is 0 Å². The zero-order valence-corrected chi connectivity index (χ0v) is 15.3. The van der Waals surface area contributed by atoms with Crippen LogP contribution in [-0.4, -0.2) is 36.9 Å². The number of amides is 1. The first kappa shape index (κ1) is 17.5. The maximum absolute atomic E-state index is 12.4. The Kier molecular flexibility index (Phi) is 5.08. The van der Waals surface area contributed by atoms with Crippen molar-refractivity contribution in [1.29, 1.82) is 0 Å². The van der Waals surface area contributed by atoms with Crippen molar-refractivity contribution in [3.63, 3.8) is 0 Å². The molecule has 0 aliphatic heterocycles. The fourth-order valence-corrected chi connectivity index (χ4v) is 3.55. The summed E-state index contributed by atoms with van der Waals surface area (Å²) in [5.41, 5.74) is 0.632. The van der Waals surface area contributed by atoms with Gasteiger partial charge in [-0.05, 0) is 25.0 Å². The largest absolute Gasteiger partial charge is 0.353 e. The molecule has 0 saturated carbocycles. The Morgan fingerprint density at radius 1 is 1.24 bits per heavy atom. The number of benzene rings is 1. The molecule has 1 N–H and O–H groups in total. The minimum atomic E-state index is -0.112. The van der Waals surface area contributed by atoms with Crippen LogP contribution in [0.2, 0.25) is 0 Å². The van der Waals surface area contributed by atoms with Gasteiger partial charge in [-0.25, -0.2) is 0 Å². The zero-order chi connectivity index (χ0) is 18.0. The molecule has 0 spiro atoms. The molecule has 132 valence electrons. The summed E-state index contributed by atoms with van der Waals surface area (Å²) in [5, 5.41) is 12.5. The van der Waals surface area contributed by atoms with Crippen molar-refractivity contribution >= 4 is 34.3 Å². The third kappa shape index (κ3) is 3.26. The lowest BCUT2D eigenvalue weighted by molar-refractivity contribution is -0.119. The van der Waals surface area contributed by atoms with E-state index in [-0.39, 0.29) is 23.3 Å². The Balaban J connectivity index is 1.93. The molecule has 1 amide bonds. The van der Waals surface area contributed by atoms with Crippen molar-refractivity contribution in [2.45, 2.75) is 37.9 Å². The fourth-order valence-electron chi connectivity index (χ4n) is 2.80. The Hall–Kier alpha value is -2.35. The molecule has 3 aromatic rings. The molecule has 0 radical (unpaired) electrons. The van der Waals surface area contributed by atoms with E-state index in [1.54, 1.807) is 13.1 Å². The van der Waals surface area contributed by atoms with Gasteiger partial charge >= 0.3 is 0 Å². The molecule has 7 nitrogen and oxygen atoms in total. The van der Waals surface area contributed by atoms with E-state index in [1.165, 1.54) is 16.3 Å². The summed E-state index contributed by atoms with van der Waals surface area (Å²) in [6.07, 6.45) is 1.82. The number of nitrogens with one attached hydrogen (secondary N) is 1. The number of hydrogen-bond acceptors (Lipinski definition) is 5. The average Bonchev–Trinajstić information content (AvgIpc) is 3.06. The van der Waals surface area contributed by atoms with Crippen LogP contribution in [0.1, 0.15) is 26.7 Å². The van der Waals surface area contributed by atoms with Gasteiger partial charge in [-0.3, -0.25) is 18.6 Å². The Labute approximate surface area is 149 Å². The molecule has 2 aromatic heterocycles. The molecule has 0 aliphatic carbocycles. The van der Waals surface area contributed by atoms with Gasteiger partial charge < -0.3 is 5.32 Å². The molecule has 0 bridgehead atoms. The molecule has 25 heavy (non-hydrogen) atoms. The summed E-state index contributed by atoms with van der Waals surface area (Å²) in [6.45, 7) is 4.11. The van der Waals surface area contributed by atoms with Crippen LogP contribution in [0.25, 0.3) is 16.7 Å². The van der Waals surface area contributed by atoms with Crippen LogP contribution >= 0.6 is 11.8 Å². The minimum Gasteiger partial charge on any atom is -0.353 e. The van der Waals surface area contributed by atoms with E-state index in [4.69, 9.17) is 0 Å². The van der Waals surface area contributed by atoms with E-state index in [1.807, 2.05) is 22.6 Å². The summed E-state index contributed by atoms with van der Waals surface area (Å²) in [6, 6.07) is 7.54. The van der Waals surface area contributed by atoms with Gasteiger partial charge in [0, 0.05) is 13.1 Å². The van der Waals surface area contributed by atoms with Gasteiger partial charge in [0.15, 0.2) is 5.16 Å². The maximum atomic E-state index is 12.4. The van der Waals surface area contributed by atoms with E-state index < -0.39 is 0 Å². The second-order valence-electron chi connectivity index (χ2n) is 5.87. The first-order chi connectivity index (χ1) is 12.1. The van der Waals surface area contributed by atoms with Crippen molar-refractivity contribution in [2.24, 2.45) is 7.05 Å². The predicted octanol–water partition coefficient (Wildman–Crippen LogP) is 1.98. The number of fused-ring (bicyclic) bond motifs is 3. The average molecular weight is 359 g/mol. The normalized spacial score (nSPS) is 11.5. The lowest BCUT2D eigenvalue weighted by Crippen LogP contribution is -2.35. The highest BCUT2D eigenvalue weighted by Crippen LogP contribution is 2.21. The number of carbonyl (C=O) groups excluding carboxylic acids is 1. The van der Waals surface area contributed by atoms with Crippen molar-refractivity contribution in [1.82, 2.24) is 24.5 Å². The van der Waals surface area contributed by atoms with Crippen molar-refractivity contribution < 1.29 is 4.79 Å². The maximum Gasteiger partial charge on any atom is 0.262 e. The van der Waals surface area contributed by atoms with Crippen LogP contribution in [0, 0.1) is 0 Å². The summed E-state index contributed by atoms with van der Waals surface area (Å²) in [4.78, 5) is 24.6. The van der Waals surface area contributed by atoms with Gasteiger partial charge in [-0.1, -0.05) is 37.7 Å². The molecular weight excluding hydrogens is 338 g/mol. The summed E-state index contributed by atoms with van der Waals surface area (Å²) < 4.78 is 3.30. The Bertz CT molecular complexity index is 974. The molecule has 0 fully saturated rings. The molecular formula is C17H21N5O2S. The lowest BCUT2D eigenvalue weighted by Gasteiger charge is -2.14. The highest BCUT2D eigenvalue weighted by atomic mass is 32.2. The third-order valence-corrected chi connectivity index (χ3v) is 5.21. The quantitative estimate of drug-likeness (QED) is 0.681. The number of rotatable bonds is 6. The number of aromatic nitrogens is 4. The standard InChI is InChI=1S/C17H21N5O2S/c1-4-11(5-2)18-14(23)10-25-17-20-19-16-21(3)15(24)12-8-6-7-9-13(12)22(16)17/h6-9,11H,4-5,10H2,1-3H3,(H,18,23). The smallest absolute Gasteiger partial charge is 0.262 e. The molecule has 3 rings (SSSR count). The van der Waals surface area contributed by atoms with Gasteiger partial charge in [-0.15, -0.1) is 10.2 Å². The molecule has 2 heterocycles. The Morgan fingerprint density at radius 3 is 2.68 bits per heavy atom. The van der Waals surface area contributed by atoms with E-state index in [0.29, 0.717) is 16.3 Å². The molecule has 8 heteroatoms. The summed E-state index contributed by atoms with van der Waals surface area (Å²) >= 11 is 1.32.